The molecule has 4 rings (SSSR count). The fourth-order valence-corrected chi connectivity index (χ4v) is 4.34. The van der Waals surface area contributed by atoms with Crippen LogP contribution < -0.4 is 4.74 Å². The first-order valence-electron chi connectivity index (χ1n) is 11.8. The third-order valence-corrected chi connectivity index (χ3v) is 6.23. The first kappa shape index (κ1) is 23.0. The third-order valence-electron chi connectivity index (χ3n) is 6.23. The molecule has 0 aliphatic carbocycles. The highest BCUT2D eigenvalue weighted by atomic mass is 19.1. The number of rotatable bonds is 9. The zero-order chi connectivity index (χ0) is 23.2. The van der Waals surface area contributed by atoms with Crippen LogP contribution in [0.25, 0.3) is 33.0 Å². The number of hydrogen-bond donors (Lipinski definition) is 0. The number of fused-ring (bicyclic) bond motifs is 1. The Morgan fingerprint density at radius 2 is 1.18 bits per heavy atom. The van der Waals surface area contributed by atoms with Gasteiger partial charge in [-0.3, -0.25) is 0 Å². The molecule has 0 aliphatic heterocycles. The number of halogens is 2. The maximum atomic E-state index is 14.1. The van der Waals surface area contributed by atoms with Gasteiger partial charge >= 0.3 is 0 Å². The standard InChI is InChI=1S/C30H30F2O/c1-3-4-5-6-7-8-21-9-10-26-18-25(16-15-24(26)17-21)22-11-13-23(14-12-22)27-19-28(31)30(33-2)29(32)20-27/h9-20H,3-8H2,1-2H3. The van der Waals surface area contributed by atoms with E-state index in [1.165, 1.54) is 67.7 Å². The Morgan fingerprint density at radius 1 is 0.606 bits per heavy atom. The highest BCUT2D eigenvalue weighted by Gasteiger charge is 2.12. The van der Waals surface area contributed by atoms with Gasteiger partial charge in [-0.2, -0.15) is 0 Å². The molecule has 0 amide bonds. The van der Waals surface area contributed by atoms with E-state index in [4.69, 9.17) is 4.74 Å². The molecular formula is C30H30F2O. The lowest BCUT2D eigenvalue weighted by Crippen LogP contribution is -1.93. The summed E-state index contributed by atoms with van der Waals surface area (Å²) in [7, 11) is 1.26. The van der Waals surface area contributed by atoms with E-state index >= 15 is 0 Å². The minimum atomic E-state index is -0.702. The molecule has 0 bridgehead atoms. The second-order valence-electron chi connectivity index (χ2n) is 8.61. The van der Waals surface area contributed by atoms with E-state index in [1.54, 1.807) is 0 Å². The molecule has 0 radical (unpaired) electrons. The largest absolute Gasteiger partial charge is 0.491 e. The predicted molar refractivity (Wildman–Crippen MR) is 134 cm³/mol. The molecule has 0 saturated heterocycles. The zero-order valence-corrected chi connectivity index (χ0v) is 19.3. The van der Waals surface area contributed by atoms with Gasteiger partial charge in [-0.05, 0) is 69.6 Å². The Labute approximate surface area is 195 Å². The topological polar surface area (TPSA) is 9.23 Å². The summed E-state index contributed by atoms with van der Waals surface area (Å²) in [5, 5.41) is 2.47. The molecule has 4 aromatic carbocycles. The molecule has 4 aromatic rings. The van der Waals surface area contributed by atoms with Gasteiger partial charge in [0.1, 0.15) is 0 Å². The monoisotopic (exact) mass is 444 g/mol. The Kier molecular flexibility index (Phi) is 7.39. The molecule has 0 fully saturated rings. The molecular weight excluding hydrogens is 414 g/mol. The normalized spacial score (nSPS) is 11.2. The lowest BCUT2D eigenvalue weighted by molar-refractivity contribution is 0.360. The minimum absolute atomic E-state index is 0.355. The van der Waals surface area contributed by atoms with Gasteiger partial charge in [-0.25, -0.2) is 8.78 Å². The Balaban J connectivity index is 1.50. The van der Waals surface area contributed by atoms with Gasteiger partial charge < -0.3 is 4.74 Å². The van der Waals surface area contributed by atoms with Crippen molar-refractivity contribution in [2.75, 3.05) is 7.11 Å². The average Bonchev–Trinajstić information content (AvgIpc) is 2.83. The van der Waals surface area contributed by atoms with Crippen LogP contribution >= 0.6 is 0 Å². The molecule has 0 atom stereocenters. The number of aryl methyl sites for hydroxylation is 1. The summed E-state index contributed by atoms with van der Waals surface area (Å²) in [6.45, 7) is 2.25. The number of unbranched alkanes of at least 4 members (excludes halogenated alkanes) is 4. The number of ether oxygens (including phenoxy) is 1. The van der Waals surface area contributed by atoms with Crippen LogP contribution in [0.3, 0.4) is 0 Å². The van der Waals surface area contributed by atoms with E-state index in [0.29, 0.717) is 5.56 Å². The molecule has 170 valence electrons. The molecule has 0 saturated carbocycles. The lowest BCUT2D eigenvalue weighted by Gasteiger charge is -2.09. The number of benzene rings is 4. The van der Waals surface area contributed by atoms with Crippen LogP contribution in [0.4, 0.5) is 8.78 Å². The van der Waals surface area contributed by atoms with Crippen LogP contribution in [0, 0.1) is 11.6 Å². The number of hydrogen-bond acceptors (Lipinski definition) is 1. The second kappa shape index (κ2) is 10.6. The summed E-state index contributed by atoms with van der Waals surface area (Å²) in [4.78, 5) is 0. The first-order chi connectivity index (χ1) is 16.1. The smallest absolute Gasteiger partial charge is 0.190 e. The van der Waals surface area contributed by atoms with Gasteiger partial charge in [0.15, 0.2) is 17.4 Å². The molecule has 0 spiro atoms. The summed E-state index contributed by atoms with van der Waals surface area (Å²) in [6.07, 6.45) is 7.62. The van der Waals surface area contributed by atoms with Crippen LogP contribution in [0.1, 0.15) is 44.6 Å². The molecule has 0 aliphatic rings. The van der Waals surface area contributed by atoms with Crippen LogP contribution in [0.5, 0.6) is 5.75 Å². The van der Waals surface area contributed by atoms with Crippen molar-refractivity contribution in [3.63, 3.8) is 0 Å². The molecule has 1 nitrogen and oxygen atoms in total. The van der Waals surface area contributed by atoms with Crippen LogP contribution in [-0.4, -0.2) is 7.11 Å². The summed E-state index contributed by atoms with van der Waals surface area (Å²) < 4.78 is 32.9. The summed E-state index contributed by atoms with van der Waals surface area (Å²) >= 11 is 0. The van der Waals surface area contributed by atoms with Crippen molar-refractivity contribution in [2.24, 2.45) is 0 Å². The second-order valence-corrected chi connectivity index (χ2v) is 8.61. The highest BCUT2D eigenvalue weighted by Crippen LogP contribution is 2.31. The molecule has 0 N–H and O–H groups in total. The van der Waals surface area contributed by atoms with Crippen molar-refractivity contribution in [1.82, 2.24) is 0 Å². The molecule has 0 aromatic heterocycles. The molecule has 0 heterocycles. The zero-order valence-electron chi connectivity index (χ0n) is 19.3. The van der Waals surface area contributed by atoms with Crippen LogP contribution in [0.2, 0.25) is 0 Å². The Hall–Kier alpha value is -3.20. The fraction of sp³-hybridized carbons (Fsp3) is 0.267. The van der Waals surface area contributed by atoms with Gasteiger partial charge in [-0.1, -0.05) is 87.2 Å². The van der Waals surface area contributed by atoms with E-state index in [1.807, 2.05) is 24.3 Å². The molecule has 3 heteroatoms. The minimum Gasteiger partial charge on any atom is -0.491 e. The van der Waals surface area contributed by atoms with Gasteiger partial charge in [0, 0.05) is 0 Å². The Bertz CT molecular complexity index is 1200. The average molecular weight is 445 g/mol. The van der Waals surface area contributed by atoms with Crippen molar-refractivity contribution in [1.29, 1.82) is 0 Å². The van der Waals surface area contributed by atoms with E-state index in [2.05, 4.69) is 43.3 Å². The van der Waals surface area contributed by atoms with Crippen LogP contribution in [-0.2, 0) is 6.42 Å². The van der Waals surface area contributed by atoms with Crippen molar-refractivity contribution in [2.45, 2.75) is 45.4 Å². The fourth-order valence-electron chi connectivity index (χ4n) is 4.34. The third kappa shape index (κ3) is 5.42. The summed E-state index contributed by atoms with van der Waals surface area (Å²) in [5.74, 6) is -1.76. The summed E-state index contributed by atoms with van der Waals surface area (Å²) in [5.41, 5.74) is 4.82. The highest BCUT2D eigenvalue weighted by molar-refractivity contribution is 5.88. The van der Waals surface area contributed by atoms with Gasteiger partial charge in [0.25, 0.3) is 0 Å². The first-order valence-corrected chi connectivity index (χ1v) is 11.8. The van der Waals surface area contributed by atoms with Crippen molar-refractivity contribution >= 4 is 10.8 Å². The molecule has 33 heavy (non-hydrogen) atoms. The lowest BCUT2D eigenvalue weighted by atomic mass is 9.96. The van der Waals surface area contributed by atoms with E-state index in [9.17, 15) is 8.78 Å². The van der Waals surface area contributed by atoms with Crippen molar-refractivity contribution in [3.8, 4) is 28.0 Å². The molecule has 0 unspecified atom stereocenters. The maximum Gasteiger partial charge on any atom is 0.190 e. The van der Waals surface area contributed by atoms with E-state index in [0.717, 1.165) is 23.1 Å². The van der Waals surface area contributed by atoms with E-state index in [-0.39, 0.29) is 5.75 Å². The van der Waals surface area contributed by atoms with Gasteiger partial charge in [0.05, 0.1) is 7.11 Å². The summed E-state index contributed by atoms with van der Waals surface area (Å²) in [6, 6.07) is 23.6. The van der Waals surface area contributed by atoms with Crippen molar-refractivity contribution < 1.29 is 13.5 Å². The van der Waals surface area contributed by atoms with Gasteiger partial charge in [-0.15, -0.1) is 0 Å². The van der Waals surface area contributed by atoms with Gasteiger partial charge in [0.2, 0.25) is 0 Å². The Morgan fingerprint density at radius 3 is 1.85 bits per heavy atom. The number of methoxy groups -OCH3 is 1. The van der Waals surface area contributed by atoms with Crippen molar-refractivity contribution in [3.05, 3.63) is 90.0 Å². The van der Waals surface area contributed by atoms with E-state index < -0.39 is 11.6 Å². The quantitative estimate of drug-likeness (QED) is 0.234. The SMILES string of the molecule is CCCCCCCc1ccc2cc(-c3ccc(-c4cc(F)c(OC)c(F)c4)cc3)ccc2c1. The van der Waals surface area contributed by atoms with Crippen LogP contribution in [0.15, 0.2) is 72.8 Å². The maximum absolute atomic E-state index is 14.1. The predicted octanol–water partition coefficient (Wildman–Crippen LogP) is 8.97.